The molecule has 3 heteroatoms. The third kappa shape index (κ3) is 2.98. The Morgan fingerprint density at radius 3 is 2.86 bits per heavy atom. The predicted octanol–water partition coefficient (Wildman–Crippen LogP) is 1.39. The van der Waals surface area contributed by atoms with Crippen molar-refractivity contribution in [3.63, 3.8) is 0 Å². The van der Waals surface area contributed by atoms with Crippen molar-refractivity contribution >= 4 is 5.91 Å². The Morgan fingerprint density at radius 1 is 1.57 bits per heavy atom. The van der Waals surface area contributed by atoms with Crippen molar-refractivity contribution in [1.82, 2.24) is 10.2 Å². The summed E-state index contributed by atoms with van der Waals surface area (Å²) in [6.07, 6.45) is 2.89. The van der Waals surface area contributed by atoms with Gasteiger partial charge in [0.2, 0.25) is 5.91 Å². The van der Waals surface area contributed by atoms with Crippen molar-refractivity contribution < 1.29 is 4.79 Å². The van der Waals surface area contributed by atoms with Crippen LogP contribution in [0.25, 0.3) is 0 Å². The van der Waals surface area contributed by atoms with E-state index in [2.05, 4.69) is 19.2 Å². The van der Waals surface area contributed by atoms with Crippen molar-refractivity contribution in [2.24, 2.45) is 0 Å². The maximum atomic E-state index is 11.4. The molecule has 0 aliphatic carbocycles. The molecule has 0 bridgehead atoms. The molecule has 3 nitrogen and oxygen atoms in total. The lowest BCUT2D eigenvalue weighted by molar-refractivity contribution is -0.129. The zero-order valence-corrected chi connectivity index (χ0v) is 9.55. The molecule has 1 heterocycles. The highest BCUT2D eigenvalue weighted by Gasteiger charge is 2.25. The van der Waals surface area contributed by atoms with Gasteiger partial charge in [0, 0.05) is 31.6 Å². The number of carbonyl (C=O) groups excluding carboxylic acids is 1. The van der Waals surface area contributed by atoms with Crippen molar-refractivity contribution in [2.75, 3.05) is 13.1 Å². The van der Waals surface area contributed by atoms with Gasteiger partial charge in [-0.05, 0) is 19.8 Å². The molecule has 0 aromatic heterocycles. The maximum Gasteiger partial charge on any atom is 0.222 e. The van der Waals surface area contributed by atoms with Gasteiger partial charge in [-0.15, -0.1) is 0 Å². The van der Waals surface area contributed by atoms with E-state index in [1.165, 1.54) is 0 Å². The van der Waals surface area contributed by atoms with Crippen LogP contribution in [0.3, 0.4) is 0 Å². The minimum absolute atomic E-state index is 0.290. The van der Waals surface area contributed by atoms with Gasteiger partial charge in [0.05, 0.1) is 0 Å². The molecular formula is C11H22N2O. The normalized spacial score (nSPS) is 23.9. The van der Waals surface area contributed by atoms with Gasteiger partial charge in [-0.2, -0.15) is 0 Å². The SMILES string of the molecule is CCC(=O)N1CCC(NC(C)CC)C1. The van der Waals surface area contributed by atoms with Crippen LogP contribution in [-0.2, 0) is 4.79 Å². The van der Waals surface area contributed by atoms with E-state index in [1.807, 2.05) is 11.8 Å². The molecule has 2 atom stereocenters. The molecule has 1 aliphatic rings. The summed E-state index contributed by atoms with van der Waals surface area (Å²) < 4.78 is 0. The van der Waals surface area contributed by atoms with Crippen LogP contribution in [0.5, 0.6) is 0 Å². The van der Waals surface area contributed by atoms with E-state index in [0.717, 1.165) is 25.9 Å². The van der Waals surface area contributed by atoms with Gasteiger partial charge in [0.25, 0.3) is 0 Å². The van der Waals surface area contributed by atoms with Gasteiger partial charge in [-0.3, -0.25) is 4.79 Å². The molecule has 0 spiro atoms. The monoisotopic (exact) mass is 198 g/mol. The summed E-state index contributed by atoms with van der Waals surface area (Å²) in [5.74, 6) is 0.290. The van der Waals surface area contributed by atoms with Crippen LogP contribution in [0.1, 0.15) is 40.0 Å². The van der Waals surface area contributed by atoms with E-state index in [4.69, 9.17) is 0 Å². The maximum absolute atomic E-state index is 11.4. The van der Waals surface area contributed by atoms with E-state index in [1.54, 1.807) is 0 Å². The fourth-order valence-corrected chi connectivity index (χ4v) is 1.87. The van der Waals surface area contributed by atoms with E-state index in [-0.39, 0.29) is 0 Å². The molecule has 2 unspecified atom stereocenters. The van der Waals surface area contributed by atoms with Crippen molar-refractivity contribution in [1.29, 1.82) is 0 Å². The highest BCUT2D eigenvalue weighted by molar-refractivity contribution is 5.76. The zero-order chi connectivity index (χ0) is 10.6. The van der Waals surface area contributed by atoms with E-state index >= 15 is 0 Å². The van der Waals surface area contributed by atoms with Crippen LogP contribution in [0.2, 0.25) is 0 Å². The predicted molar refractivity (Wildman–Crippen MR) is 58.2 cm³/mol. The average Bonchev–Trinajstić information content (AvgIpc) is 2.65. The molecule has 82 valence electrons. The van der Waals surface area contributed by atoms with Crippen LogP contribution in [-0.4, -0.2) is 36.0 Å². The van der Waals surface area contributed by atoms with Crippen LogP contribution < -0.4 is 5.32 Å². The number of likely N-dealkylation sites (tertiary alicyclic amines) is 1. The molecule has 1 aliphatic heterocycles. The summed E-state index contributed by atoms with van der Waals surface area (Å²) in [5.41, 5.74) is 0. The lowest BCUT2D eigenvalue weighted by Gasteiger charge is -2.19. The number of amides is 1. The minimum Gasteiger partial charge on any atom is -0.341 e. The Bertz CT molecular complexity index is 194. The molecule has 1 saturated heterocycles. The molecule has 1 rings (SSSR count). The summed E-state index contributed by atoms with van der Waals surface area (Å²) >= 11 is 0. The Morgan fingerprint density at radius 2 is 2.29 bits per heavy atom. The standard InChI is InChI=1S/C11H22N2O/c1-4-9(3)12-10-6-7-13(8-10)11(14)5-2/h9-10,12H,4-8H2,1-3H3. The first kappa shape index (κ1) is 11.5. The summed E-state index contributed by atoms with van der Waals surface area (Å²) in [6, 6.07) is 1.08. The molecule has 14 heavy (non-hydrogen) atoms. The second-order valence-corrected chi connectivity index (χ2v) is 4.15. The van der Waals surface area contributed by atoms with Gasteiger partial charge in [-0.25, -0.2) is 0 Å². The first-order valence-corrected chi connectivity index (χ1v) is 5.71. The molecule has 0 radical (unpaired) electrons. The zero-order valence-electron chi connectivity index (χ0n) is 9.55. The molecule has 1 N–H and O–H groups in total. The number of hydrogen-bond acceptors (Lipinski definition) is 2. The molecule has 0 aromatic carbocycles. The Labute approximate surface area is 86.9 Å². The number of rotatable bonds is 4. The first-order chi connectivity index (χ1) is 6.67. The van der Waals surface area contributed by atoms with Crippen LogP contribution in [0, 0.1) is 0 Å². The summed E-state index contributed by atoms with van der Waals surface area (Å²) in [6.45, 7) is 8.14. The van der Waals surface area contributed by atoms with Gasteiger partial charge in [-0.1, -0.05) is 13.8 Å². The third-order valence-corrected chi connectivity index (χ3v) is 2.98. The van der Waals surface area contributed by atoms with Gasteiger partial charge in [0.1, 0.15) is 0 Å². The first-order valence-electron chi connectivity index (χ1n) is 5.71. The quantitative estimate of drug-likeness (QED) is 0.740. The fourth-order valence-electron chi connectivity index (χ4n) is 1.87. The lowest BCUT2D eigenvalue weighted by atomic mass is 10.2. The van der Waals surface area contributed by atoms with Gasteiger partial charge >= 0.3 is 0 Å². The van der Waals surface area contributed by atoms with E-state index in [0.29, 0.717) is 24.4 Å². The lowest BCUT2D eigenvalue weighted by Crippen LogP contribution is -2.39. The topological polar surface area (TPSA) is 32.3 Å². The van der Waals surface area contributed by atoms with Gasteiger partial charge in [0.15, 0.2) is 0 Å². The third-order valence-electron chi connectivity index (χ3n) is 2.98. The minimum atomic E-state index is 0.290. The second-order valence-electron chi connectivity index (χ2n) is 4.15. The van der Waals surface area contributed by atoms with E-state index < -0.39 is 0 Å². The van der Waals surface area contributed by atoms with Gasteiger partial charge < -0.3 is 10.2 Å². The van der Waals surface area contributed by atoms with E-state index in [9.17, 15) is 4.79 Å². The highest BCUT2D eigenvalue weighted by Crippen LogP contribution is 2.11. The number of carbonyl (C=O) groups is 1. The summed E-state index contributed by atoms with van der Waals surface area (Å²) in [4.78, 5) is 13.4. The number of hydrogen-bond donors (Lipinski definition) is 1. The number of nitrogens with zero attached hydrogens (tertiary/aromatic N) is 1. The van der Waals surface area contributed by atoms with Crippen LogP contribution in [0.4, 0.5) is 0 Å². The fraction of sp³-hybridized carbons (Fsp3) is 0.909. The molecule has 0 saturated carbocycles. The van der Waals surface area contributed by atoms with Crippen LogP contribution >= 0.6 is 0 Å². The molecular weight excluding hydrogens is 176 g/mol. The Kier molecular flexibility index (Phi) is 4.39. The van der Waals surface area contributed by atoms with Crippen molar-refractivity contribution in [3.05, 3.63) is 0 Å². The molecule has 0 aromatic rings. The summed E-state index contributed by atoms with van der Waals surface area (Å²) in [7, 11) is 0. The summed E-state index contributed by atoms with van der Waals surface area (Å²) in [5, 5.41) is 3.54. The smallest absolute Gasteiger partial charge is 0.222 e. The second kappa shape index (κ2) is 5.35. The highest BCUT2D eigenvalue weighted by atomic mass is 16.2. The Hall–Kier alpha value is -0.570. The average molecular weight is 198 g/mol. The van der Waals surface area contributed by atoms with Crippen molar-refractivity contribution in [3.8, 4) is 0 Å². The van der Waals surface area contributed by atoms with Crippen molar-refractivity contribution in [2.45, 2.75) is 52.1 Å². The Balaban J connectivity index is 2.30. The molecule has 1 amide bonds. The molecule has 1 fully saturated rings. The largest absolute Gasteiger partial charge is 0.341 e. The van der Waals surface area contributed by atoms with Crippen LogP contribution in [0.15, 0.2) is 0 Å². The number of nitrogens with one attached hydrogen (secondary N) is 1.